The highest BCUT2D eigenvalue weighted by Crippen LogP contribution is 2.39. The van der Waals surface area contributed by atoms with Crippen molar-refractivity contribution in [3.8, 4) is 0 Å². The Balaban J connectivity index is 2.20. The molecule has 1 aromatic rings. The molecule has 1 aliphatic heterocycles. The van der Waals surface area contributed by atoms with Gasteiger partial charge >= 0.3 is 0 Å². The van der Waals surface area contributed by atoms with Gasteiger partial charge in [-0.3, -0.25) is 14.9 Å². The summed E-state index contributed by atoms with van der Waals surface area (Å²) in [6, 6.07) is 4.54. The van der Waals surface area contributed by atoms with Crippen LogP contribution in [0.4, 0.5) is 11.4 Å². The third-order valence-corrected chi connectivity index (χ3v) is 5.01. The highest BCUT2D eigenvalue weighted by molar-refractivity contribution is 5.86. The first kappa shape index (κ1) is 15.5. The van der Waals surface area contributed by atoms with Crippen LogP contribution in [-0.4, -0.2) is 24.3 Å². The van der Waals surface area contributed by atoms with Crippen molar-refractivity contribution in [2.24, 2.45) is 5.41 Å². The quantitative estimate of drug-likeness (QED) is 0.470. The van der Waals surface area contributed by atoms with Crippen molar-refractivity contribution >= 4 is 17.7 Å². The van der Waals surface area contributed by atoms with Crippen LogP contribution in [0.15, 0.2) is 18.2 Å². The van der Waals surface area contributed by atoms with Crippen molar-refractivity contribution < 1.29 is 9.72 Å². The normalized spacial score (nSPS) is 17.5. The number of carbonyl (C=O) groups is 1. The average molecular weight is 290 g/mol. The maximum Gasteiger partial charge on any atom is 0.270 e. The fourth-order valence-electron chi connectivity index (χ4n) is 3.22. The topological polar surface area (TPSA) is 63.4 Å². The summed E-state index contributed by atoms with van der Waals surface area (Å²) in [5.41, 5.74) is 1.61. The van der Waals surface area contributed by atoms with Gasteiger partial charge in [0.1, 0.15) is 0 Å². The molecule has 0 amide bonds. The van der Waals surface area contributed by atoms with Crippen molar-refractivity contribution in [1.82, 2.24) is 0 Å². The smallest absolute Gasteiger partial charge is 0.270 e. The van der Waals surface area contributed by atoms with Crippen molar-refractivity contribution in [3.05, 3.63) is 33.9 Å². The number of non-ortho nitro benzene ring substituents is 1. The molecule has 1 saturated heterocycles. The van der Waals surface area contributed by atoms with Crippen LogP contribution in [-0.2, 0) is 0 Å². The molecule has 1 heterocycles. The Morgan fingerprint density at radius 3 is 2.38 bits per heavy atom. The van der Waals surface area contributed by atoms with Crippen molar-refractivity contribution in [1.29, 1.82) is 0 Å². The van der Waals surface area contributed by atoms with E-state index in [1.54, 1.807) is 6.07 Å². The Hall–Kier alpha value is -1.91. The molecule has 5 nitrogen and oxygen atoms in total. The fourth-order valence-corrected chi connectivity index (χ4v) is 3.22. The highest BCUT2D eigenvalue weighted by atomic mass is 16.6. The minimum absolute atomic E-state index is 0.0330. The lowest BCUT2D eigenvalue weighted by Crippen LogP contribution is -2.40. The van der Waals surface area contributed by atoms with Crippen molar-refractivity contribution in [2.75, 3.05) is 18.0 Å². The number of carbonyl (C=O) groups excluding carboxylic acids is 1. The summed E-state index contributed by atoms with van der Waals surface area (Å²) in [6.45, 7) is 6.28. The van der Waals surface area contributed by atoms with Crippen molar-refractivity contribution in [3.63, 3.8) is 0 Å². The molecular formula is C16H22N2O3. The van der Waals surface area contributed by atoms with E-state index < -0.39 is 4.92 Å². The molecule has 0 spiro atoms. The number of hydrogen-bond donors (Lipinski definition) is 0. The van der Waals surface area contributed by atoms with Crippen molar-refractivity contribution in [2.45, 2.75) is 39.5 Å². The summed E-state index contributed by atoms with van der Waals surface area (Å²) in [5, 5.41) is 10.8. The number of piperidine rings is 1. The lowest BCUT2D eigenvalue weighted by molar-refractivity contribution is -0.384. The number of anilines is 1. The third-order valence-electron chi connectivity index (χ3n) is 5.01. The summed E-state index contributed by atoms with van der Waals surface area (Å²) >= 11 is 0. The van der Waals surface area contributed by atoms with Gasteiger partial charge in [0.25, 0.3) is 5.69 Å². The van der Waals surface area contributed by atoms with Gasteiger partial charge in [0, 0.05) is 36.5 Å². The number of hydrogen-bond acceptors (Lipinski definition) is 4. The molecule has 114 valence electrons. The summed E-state index contributed by atoms with van der Waals surface area (Å²) < 4.78 is 0. The van der Waals surface area contributed by atoms with Gasteiger partial charge in [0.2, 0.25) is 0 Å². The van der Waals surface area contributed by atoms with Gasteiger partial charge in [-0.1, -0.05) is 26.7 Å². The van der Waals surface area contributed by atoms with Gasteiger partial charge in [0.05, 0.1) is 4.92 Å². The highest BCUT2D eigenvalue weighted by Gasteiger charge is 2.32. The van der Waals surface area contributed by atoms with Gasteiger partial charge in [-0.15, -0.1) is 0 Å². The van der Waals surface area contributed by atoms with E-state index >= 15 is 0 Å². The third kappa shape index (κ3) is 3.06. The number of benzene rings is 1. The van der Waals surface area contributed by atoms with E-state index in [1.807, 2.05) is 0 Å². The van der Waals surface area contributed by atoms with E-state index in [4.69, 9.17) is 0 Å². The Bertz CT molecular complexity index is 528. The van der Waals surface area contributed by atoms with Crippen LogP contribution in [0, 0.1) is 15.5 Å². The monoisotopic (exact) mass is 290 g/mol. The first-order chi connectivity index (χ1) is 10.0. The molecule has 0 aromatic heterocycles. The summed E-state index contributed by atoms with van der Waals surface area (Å²) in [4.78, 5) is 23.7. The maximum absolute atomic E-state index is 11.2. The molecule has 0 aliphatic carbocycles. The molecule has 21 heavy (non-hydrogen) atoms. The van der Waals surface area contributed by atoms with E-state index in [-0.39, 0.29) is 5.69 Å². The minimum Gasteiger partial charge on any atom is -0.371 e. The van der Waals surface area contributed by atoms with Crippen LogP contribution in [0.1, 0.15) is 49.9 Å². The second-order valence-electron chi connectivity index (χ2n) is 5.81. The van der Waals surface area contributed by atoms with Gasteiger partial charge < -0.3 is 4.90 Å². The van der Waals surface area contributed by atoms with E-state index in [0.29, 0.717) is 17.3 Å². The maximum atomic E-state index is 11.2. The SMILES string of the molecule is CCC1(CC)CCN(c2ccc([N+](=O)[O-])cc2C=O)CC1. The summed E-state index contributed by atoms with van der Waals surface area (Å²) in [7, 11) is 0. The Kier molecular flexibility index (Phi) is 4.60. The van der Waals surface area contributed by atoms with E-state index in [2.05, 4.69) is 18.7 Å². The standard InChI is InChI=1S/C16H22N2O3/c1-3-16(4-2)7-9-17(10-8-16)15-6-5-14(18(20)21)11-13(15)12-19/h5-6,11-12H,3-4,7-10H2,1-2H3. The Morgan fingerprint density at radius 2 is 1.90 bits per heavy atom. The van der Waals surface area contributed by atoms with Crippen LogP contribution in [0.3, 0.4) is 0 Å². The molecule has 2 rings (SSSR count). The Labute approximate surface area is 125 Å². The minimum atomic E-state index is -0.466. The molecule has 1 fully saturated rings. The molecule has 0 saturated carbocycles. The van der Waals surface area contributed by atoms with Crippen LogP contribution in [0.5, 0.6) is 0 Å². The largest absolute Gasteiger partial charge is 0.371 e. The molecule has 1 aromatic carbocycles. The zero-order chi connectivity index (χ0) is 15.5. The van der Waals surface area contributed by atoms with E-state index in [9.17, 15) is 14.9 Å². The molecule has 0 bridgehead atoms. The van der Waals surface area contributed by atoms with Gasteiger partial charge in [-0.25, -0.2) is 0 Å². The number of nitro groups is 1. The fraction of sp³-hybridized carbons (Fsp3) is 0.562. The number of nitro benzene ring substituents is 1. The van der Waals surface area contributed by atoms with Crippen LogP contribution in [0.2, 0.25) is 0 Å². The molecule has 0 unspecified atom stereocenters. The Morgan fingerprint density at radius 1 is 1.29 bits per heavy atom. The molecule has 1 aliphatic rings. The van der Waals surface area contributed by atoms with Gasteiger partial charge in [0.15, 0.2) is 6.29 Å². The number of nitrogens with zero attached hydrogens (tertiary/aromatic N) is 2. The van der Waals surface area contributed by atoms with E-state index in [1.165, 1.54) is 25.0 Å². The molecule has 0 atom stereocenters. The summed E-state index contributed by atoms with van der Waals surface area (Å²) in [5.74, 6) is 0. The lowest BCUT2D eigenvalue weighted by Gasteiger charge is -2.42. The van der Waals surface area contributed by atoms with Crippen LogP contribution >= 0.6 is 0 Å². The molecule has 0 radical (unpaired) electrons. The first-order valence-corrected chi connectivity index (χ1v) is 7.54. The van der Waals surface area contributed by atoms with Gasteiger partial charge in [-0.05, 0) is 24.3 Å². The van der Waals surface area contributed by atoms with E-state index in [0.717, 1.165) is 31.6 Å². The first-order valence-electron chi connectivity index (χ1n) is 7.54. The number of aldehydes is 1. The predicted molar refractivity (Wildman–Crippen MR) is 82.9 cm³/mol. The van der Waals surface area contributed by atoms with Crippen LogP contribution < -0.4 is 4.90 Å². The molecular weight excluding hydrogens is 268 g/mol. The predicted octanol–water partition coefficient (Wildman–Crippen LogP) is 3.81. The number of rotatable bonds is 5. The van der Waals surface area contributed by atoms with Crippen LogP contribution in [0.25, 0.3) is 0 Å². The molecule has 0 N–H and O–H groups in total. The zero-order valence-corrected chi connectivity index (χ0v) is 12.7. The second kappa shape index (κ2) is 6.24. The summed E-state index contributed by atoms with van der Waals surface area (Å²) in [6.07, 6.45) is 5.28. The zero-order valence-electron chi connectivity index (χ0n) is 12.7. The average Bonchev–Trinajstić information content (AvgIpc) is 2.54. The molecule has 5 heteroatoms. The lowest BCUT2D eigenvalue weighted by atomic mass is 9.74. The second-order valence-corrected chi connectivity index (χ2v) is 5.81. The van der Waals surface area contributed by atoms with Gasteiger partial charge in [-0.2, -0.15) is 0 Å².